The molecule has 0 unspecified atom stereocenters. The number of rotatable bonds is 3. The first-order valence-corrected chi connectivity index (χ1v) is 16.8. The predicted molar refractivity (Wildman–Crippen MR) is 82.4 cm³/mol. The van der Waals surface area contributed by atoms with E-state index in [0.29, 0.717) is 52.5 Å². The smallest absolute Gasteiger partial charge is 1.00 e. The Bertz CT molecular complexity index is 54.3. The normalized spacial score (nSPS) is 6.59. The van der Waals surface area contributed by atoms with E-state index in [2.05, 4.69) is 37.2 Å². The van der Waals surface area contributed by atoms with Gasteiger partial charge in [0.05, 0.1) is 0 Å². The largest absolute Gasteiger partial charge is 2.00 e. The maximum absolute atomic E-state index is 4.90. The topological polar surface area (TPSA) is 156 Å². The van der Waals surface area contributed by atoms with E-state index in [4.69, 9.17) is 34.4 Å². The molecule has 0 rings (SSSR count). The summed E-state index contributed by atoms with van der Waals surface area (Å²) in [4.78, 5) is 0. The molecular weight excluding hydrogens is 722 g/mol. The summed E-state index contributed by atoms with van der Waals surface area (Å²) in [6.07, 6.45) is 0. The molecule has 17 heavy (non-hydrogen) atoms. The Labute approximate surface area is 162 Å². The van der Waals surface area contributed by atoms with Crippen molar-refractivity contribution in [2.45, 2.75) is 0 Å². The molecule has 0 fully saturated rings. The van der Waals surface area contributed by atoms with E-state index >= 15 is 0 Å². The fourth-order valence-electron chi connectivity index (χ4n) is 0. The summed E-state index contributed by atoms with van der Waals surface area (Å²) < 4.78 is 0. The third-order valence-corrected chi connectivity index (χ3v) is 0.500. The molecule has 0 atom stereocenters. The molecular formula is C6H24I4N6Ni. The SMILES string of the molecule is I[I-]I.NCCN.NCCN.NCCN.[I-].[Ni+2]. The van der Waals surface area contributed by atoms with E-state index in [1.54, 1.807) is 0 Å². The van der Waals surface area contributed by atoms with Crippen LogP contribution in [0.2, 0.25) is 0 Å². The van der Waals surface area contributed by atoms with E-state index in [9.17, 15) is 0 Å². The molecule has 0 aromatic heterocycles. The number of halogens is 4. The quantitative estimate of drug-likeness (QED) is 0.125. The van der Waals surface area contributed by atoms with Gasteiger partial charge in [-0.05, 0) is 0 Å². The molecule has 0 aliphatic carbocycles. The van der Waals surface area contributed by atoms with E-state index in [-0.39, 0.29) is 40.5 Å². The third-order valence-electron chi connectivity index (χ3n) is 0.500. The van der Waals surface area contributed by atoms with Gasteiger partial charge in [0.25, 0.3) is 0 Å². The standard InChI is InChI=1S/3C2H8N2.I3.HI.Ni/c3*3-1-2-4;1-3-2;;/h3*1-4H2;;1H;/q;;;-1;;+2/p-1. The average Bonchev–Trinajstić information content (AvgIpc) is 2.30. The van der Waals surface area contributed by atoms with Crippen molar-refractivity contribution in [2.24, 2.45) is 34.4 Å². The Morgan fingerprint density at radius 1 is 0.588 bits per heavy atom. The second-order valence-corrected chi connectivity index (χ2v) is 18.0. The first-order chi connectivity index (χ1) is 7.16. The van der Waals surface area contributed by atoms with Crippen molar-refractivity contribution in [1.29, 1.82) is 0 Å². The molecule has 0 aliphatic rings. The maximum Gasteiger partial charge on any atom is 2.00 e. The minimum Gasteiger partial charge on any atom is -1.00 e. The van der Waals surface area contributed by atoms with Crippen LogP contribution in [0.3, 0.4) is 0 Å². The Morgan fingerprint density at radius 2 is 0.647 bits per heavy atom. The van der Waals surface area contributed by atoms with Gasteiger partial charge in [0.1, 0.15) is 0 Å². The fraction of sp³-hybridized carbons (Fsp3) is 1.00. The van der Waals surface area contributed by atoms with Gasteiger partial charge in [-0.1, -0.05) is 0 Å². The van der Waals surface area contributed by atoms with Crippen molar-refractivity contribution in [3.8, 4) is 0 Å². The van der Waals surface area contributed by atoms with Gasteiger partial charge in [-0.15, -0.1) is 0 Å². The summed E-state index contributed by atoms with van der Waals surface area (Å²) >= 11 is 5.30. The summed E-state index contributed by atoms with van der Waals surface area (Å²) in [6.45, 7) is 3.58. The summed E-state index contributed by atoms with van der Waals surface area (Å²) in [5.74, 6) is 0. The Kier molecular flexibility index (Phi) is 133. The minimum atomic E-state index is 0. The molecule has 12 N–H and O–H groups in total. The number of nitrogens with two attached hydrogens (primary N) is 6. The van der Waals surface area contributed by atoms with Crippen molar-refractivity contribution in [3.63, 3.8) is 0 Å². The first-order valence-electron chi connectivity index (χ1n) is 4.24. The molecule has 0 heterocycles. The molecule has 11 heteroatoms. The van der Waals surface area contributed by atoms with E-state index in [1.807, 2.05) is 0 Å². The second-order valence-electron chi connectivity index (χ2n) is 1.79. The molecule has 0 aromatic rings. The Balaban J connectivity index is -0.0000000230. The van der Waals surface area contributed by atoms with Crippen LogP contribution in [-0.2, 0) is 16.5 Å². The van der Waals surface area contributed by atoms with Gasteiger partial charge in [0.2, 0.25) is 0 Å². The van der Waals surface area contributed by atoms with Crippen molar-refractivity contribution in [3.05, 3.63) is 0 Å². The number of hydrogen-bond acceptors (Lipinski definition) is 6. The van der Waals surface area contributed by atoms with Crippen LogP contribution in [0.1, 0.15) is 0 Å². The van der Waals surface area contributed by atoms with Gasteiger partial charge in [-0.3, -0.25) is 0 Å². The second kappa shape index (κ2) is 61.2. The van der Waals surface area contributed by atoms with Crippen molar-refractivity contribution < 1.29 is 53.7 Å². The molecule has 0 bridgehead atoms. The summed E-state index contributed by atoms with van der Waals surface area (Å²) in [6, 6.07) is 0. The molecule has 0 amide bonds. The summed E-state index contributed by atoms with van der Waals surface area (Å²) in [5.41, 5.74) is 29.4. The first kappa shape index (κ1) is 36.9. The molecule has 0 radical (unpaired) electrons. The average molecular weight is 747 g/mol. The van der Waals surface area contributed by atoms with Gasteiger partial charge < -0.3 is 58.4 Å². The van der Waals surface area contributed by atoms with Crippen LogP contribution in [0.25, 0.3) is 0 Å². The van der Waals surface area contributed by atoms with Gasteiger partial charge in [-0.25, -0.2) is 0 Å². The van der Waals surface area contributed by atoms with E-state index in [0.717, 1.165) is 0 Å². The maximum atomic E-state index is 4.90. The Hall–Kier alpha value is 3.17. The molecule has 0 saturated heterocycles. The van der Waals surface area contributed by atoms with Crippen LogP contribution in [0.4, 0.5) is 0 Å². The van der Waals surface area contributed by atoms with Gasteiger partial charge in [-0.2, -0.15) is 0 Å². The van der Waals surface area contributed by atoms with Gasteiger partial charge in [0, 0.05) is 39.3 Å². The molecule has 116 valence electrons. The van der Waals surface area contributed by atoms with Crippen LogP contribution < -0.4 is 71.6 Å². The number of hydrogen-bond donors (Lipinski definition) is 6. The summed E-state index contributed by atoms with van der Waals surface area (Å²) in [7, 11) is 0. The van der Waals surface area contributed by atoms with Crippen LogP contribution in [0.15, 0.2) is 0 Å². The van der Waals surface area contributed by atoms with Crippen LogP contribution >= 0.6 is 37.2 Å². The van der Waals surface area contributed by atoms with Crippen molar-refractivity contribution in [1.82, 2.24) is 0 Å². The molecule has 6 nitrogen and oxygen atoms in total. The molecule has 0 aliphatic heterocycles. The van der Waals surface area contributed by atoms with E-state index in [1.165, 1.54) is 0 Å². The third kappa shape index (κ3) is 148. The van der Waals surface area contributed by atoms with Crippen LogP contribution in [0, 0.1) is 0 Å². The van der Waals surface area contributed by atoms with Crippen LogP contribution in [-0.4, -0.2) is 39.3 Å². The summed E-state index contributed by atoms with van der Waals surface area (Å²) in [5, 5.41) is 0. The minimum absolute atomic E-state index is 0. The zero-order valence-corrected chi connectivity index (χ0v) is 19.2. The molecule has 0 aromatic carbocycles. The van der Waals surface area contributed by atoms with E-state index < -0.39 is 0 Å². The van der Waals surface area contributed by atoms with Gasteiger partial charge in [0.15, 0.2) is 0 Å². The van der Waals surface area contributed by atoms with Crippen molar-refractivity contribution in [2.75, 3.05) is 39.3 Å². The van der Waals surface area contributed by atoms with Crippen LogP contribution in [0.5, 0.6) is 0 Å². The molecule has 0 saturated carbocycles. The monoisotopic (exact) mass is 746 g/mol. The predicted octanol–water partition coefficient (Wildman–Crippen LogP) is -7.51. The Morgan fingerprint density at radius 3 is 0.647 bits per heavy atom. The van der Waals surface area contributed by atoms with Gasteiger partial charge >= 0.3 is 67.0 Å². The zero-order chi connectivity index (χ0) is 12.9. The zero-order valence-electron chi connectivity index (χ0n) is 9.53. The van der Waals surface area contributed by atoms with Crippen molar-refractivity contribution >= 4 is 37.2 Å². The fourth-order valence-corrected chi connectivity index (χ4v) is 0. The molecule has 0 spiro atoms.